The maximum Gasteiger partial charge on any atom is 0.0618 e. The molecule has 0 saturated heterocycles. The highest BCUT2D eigenvalue weighted by Gasteiger charge is 2.31. The van der Waals surface area contributed by atoms with Crippen LogP contribution in [0.3, 0.4) is 0 Å². The maximum absolute atomic E-state index is 5.31. The molecule has 0 amide bonds. The van der Waals surface area contributed by atoms with Crippen molar-refractivity contribution in [2.75, 3.05) is 33.4 Å². The van der Waals surface area contributed by atoms with Gasteiger partial charge in [-0.05, 0) is 58.2 Å². The van der Waals surface area contributed by atoms with Gasteiger partial charge in [0.2, 0.25) is 0 Å². The fourth-order valence-electron chi connectivity index (χ4n) is 2.61. The summed E-state index contributed by atoms with van der Waals surface area (Å²) >= 11 is 0. The highest BCUT2D eigenvalue weighted by molar-refractivity contribution is 4.87. The normalized spacial score (nSPS) is 19.2. The Balaban J connectivity index is 2.13. The van der Waals surface area contributed by atoms with Crippen LogP contribution in [0.2, 0.25) is 0 Å². The number of hydrogen-bond donors (Lipinski definition) is 1. The zero-order chi connectivity index (χ0) is 13.4. The molecule has 18 heavy (non-hydrogen) atoms. The molecule has 1 aliphatic carbocycles. The predicted octanol–water partition coefficient (Wildman–Crippen LogP) is 2.51. The molecular weight excluding hydrogens is 224 g/mol. The molecular formula is C15H32N2O. The van der Waals surface area contributed by atoms with Crippen molar-refractivity contribution in [1.29, 1.82) is 0 Å². The number of nitrogens with one attached hydrogen (secondary N) is 1. The minimum Gasteiger partial charge on any atom is -0.383 e. The molecule has 0 radical (unpaired) electrons. The van der Waals surface area contributed by atoms with E-state index in [-0.39, 0.29) is 0 Å². The van der Waals surface area contributed by atoms with Crippen molar-refractivity contribution in [2.45, 2.75) is 58.5 Å². The molecule has 0 bridgehead atoms. The molecule has 0 aromatic rings. The molecule has 1 fully saturated rings. The fraction of sp³-hybridized carbons (Fsp3) is 1.00. The number of rotatable bonds is 11. The second-order valence-electron chi connectivity index (χ2n) is 5.64. The molecule has 1 aliphatic rings. The lowest BCUT2D eigenvalue weighted by Crippen LogP contribution is -2.41. The van der Waals surface area contributed by atoms with E-state index in [2.05, 4.69) is 31.0 Å². The van der Waals surface area contributed by atoms with Gasteiger partial charge in [0, 0.05) is 19.2 Å². The third-order valence-corrected chi connectivity index (χ3v) is 4.04. The van der Waals surface area contributed by atoms with E-state index in [0.717, 1.165) is 12.5 Å². The monoisotopic (exact) mass is 256 g/mol. The maximum atomic E-state index is 5.31. The number of ether oxygens (including phenoxy) is 1. The van der Waals surface area contributed by atoms with Crippen LogP contribution in [-0.4, -0.2) is 50.3 Å². The van der Waals surface area contributed by atoms with E-state index in [0.29, 0.717) is 12.1 Å². The molecule has 3 heteroatoms. The molecule has 0 aromatic carbocycles. The lowest BCUT2D eigenvalue weighted by Gasteiger charge is -2.24. The molecule has 2 unspecified atom stereocenters. The van der Waals surface area contributed by atoms with Crippen molar-refractivity contribution in [2.24, 2.45) is 5.92 Å². The van der Waals surface area contributed by atoms with Gasteiger partial charge in [-0.2, -0.15) is 0 Å². The van der Waals surface area contributed by atoms with Crippen LogP contribution in [0.5, 0.6) is 0 Å². The average Bonchev–Trinajstić information content (AvgIpc) is 3.18. The van der Waals surface area contributed by atoms with Crippen LogP contribution in [-0.2, 0) is 4.74 Å². The van der Waals surface area contributed by atoms with Gasteiger partial charge in [0.1, 0.15) is 0 Å². The van der Waals surface area contributed by atoms with Gasteiger partial charge < -0.3 is 15.0 Å². The van der Waals surface area contributed by atoms with Crippen molar-refractivity contribution in [3.05, 3.63) is 0 Å². The lowest BCUT2D eigenvalue weighted by molar-refractivity contribution is 0.150. The van der Waals surface area contributed by atoms with E-state index in [1.165, 1.54) is 45.3 Å². The Morgan fingerprint density at radius 2 is 1.94 bits per heavy atom. The fourth-order valence-corrected chi connectivity index (χ4v) is 2.61. The molecule has 0 spiro atoms. The van der Waals surface area contributed by atoms with Crippen LogP contribution in [0.25, 0.3) is 0 Å². The third kappa shape index (κ3) is 6.17. The lowest BCUT2D eigenvalue weighted by atomic mass is 10.1. The van der Waals surface area contributed by atoms with Gasteiger partial charge in [-0.25, -0.2) is 0 Å². The predicted molar refractivity (Wildman–Crippen MR) is 78.0 cm³/mol. The first-order chi connectivity index (χ1) is 8.71. The van der Waals surface area contributed by atoms with E-state index in [1.54, 1.807) is 0 Å². The molecule has 1 rings (SSSR count). The number of nitrogens with zero attached hydrogens (tertiary/aromatic N) is 1. The van der Waals surface area contributed by atoms with Crippen LogP contribution in [0.4, 0.5) is 0 Å². The van der Waals surface area contributed by atoms with Crippen molar-refractivity contribution in [3.8, 4) is 0 Å². The molecule has 1 N–H and O–H groups in total. The summed E-state index contributed by atoms with van der Waals surface area (Å²) < 4.78 is 5.31. The largest absolute Gasteiger partial charge is 0.383 e. The standard InChI is InChI=1S/C15H32N2O/c1-5-17(6-2)11-7-8-13(3)16-15(12-18-4)14-9-10-14/h13-16H,5-12H2,1-4H3. The Labute approximate surface area is 113 Å². The number of methoxy groups -OCH3 is 1. The highest BCUT2D eigenvalue weighted by atomic mass is 16.5. The minimum absolute atomic E-state index is 0.582. The van der Waals surface area contributed by atoms with Crippen molar-refractivity contribution in [1.82, 2.24) is 10.2 Å². The topological polar surface area (TPSA) is 24.5 Å². The van der Waals surface area contributed by atoms with E-state index < -0.39 is 0 Å². The van der Waals surface area contributed by atoms with E-state index in [4.69, 9.17) is 4.74 Å². The summed E-state index contributed by atoms with van der Waals surface area (Å²) in [5.41, 5.74) is 0. The Hall–Kier alpha value is -0.120. The summed E-state index contributed by atoms with van der Waals surface area (Å²) in [5.74, 6) is 0.871. The van der Waals surface area contributed by atoms with E-state index in [1.807, 2.05) is 7.11 Å². The van der Waals surface area contributed by atoms with Gasteiger partial charge in [-0.3, -0.25) is 0 Å². The Kier molecular flexibility index (Phi) is 7.87. The zero-order valence-electron chi connectivity index (χ0n) is 12.7. The Morgan fingerprint density at radius 3 is 2.44 bits per heavy atom. The van der Waals surface area contributed by atoms with Gasteiger partial charge in [-0.15, -0.1) is 0 Å². The first-order valence-electron chi connectivity index (χ1n) is 7.68. The second kappa shape index (κ2) is 8.89. The Morgan fingerprint density at radius 1 is 1.28 bits per heavy atom. The second-order valence-corrected chi connectivity index (χ2v) is 5.64. The van der Waals surface area contributed by atoms with Gasteiger partial charge in [0.25, 0.3) is 0 Å². The summed E-state index contributed by atoms with van der Waals surface area (Å²) in [6.45, 7) is 11.2. The van der Waals surface area contributed by atoms with Crippen LogP contribution >= 0.6 is 0 Å². The third-order valence-electron chi connectivity index (χ3n) is 4.04. The summed E-state index contributed by atoms with van der Waals surface area (Å²) in [6.07, 6.45) is 5.32. The first kappa shape index (κ1) is 15.9. The van der Waals surface area contributed by atoms with Crippen molar-refractivity contribution in [3.63, 3.8) is 0 Å². The average molecular weight is 256 g/mol. The minimum atomic E-state index is 0.582. The molecule has 0 heterocycles. The smallest absolute Gasteiger partial charge is 0.0618 e. The summed E-state index contributed by atoms with van der Waals surface area (Å²) in [5, 5.41) is 3.75. The molecule has 1 saturated carbocycles. The molecule has 0 aromatic heterocycles. The van der Waals surface area contributed by atoms with Crippen LogP contribution < -0.4 is 5.32 Å². The summed E-state index contributed by atoms with van der Waals surface area (Å²) in [7, 11) is 1.81. The zero-order valence-corrected chi connectivity index (χ0v) is 12.7. The molecule has 0 aliphatic heterocycles. The van der Waals surface area contributed by atoms with Crippen molar-refractivity contribution >= 4 is 0 Å². The van der Waals surface area contributed by atoms with Gasteiger partial charge in [0.15, 0.2) is 0 Å². The van der Waals surface area contributed by atoms with Crippen LogP contribution in [0, 0.1) is 5.92 Å². The van der Waals surface area contributed by atoms with Gasteiger partial charge >= 0.3 is 0 Å². The summed E-state index contributed by atoms with van der Waals surface area (Å²) in [6, 6.07) is 1.19. The SMILES string of the molecule is CCN(CC)CCCC(C)NC(COC)C1CC1. The van der Waals surface area contributed by atoms with Gasteiger partial charge in [0.05, 0.1) is 6.61 Å². The van der Waals surface area contributed by atoms with Gasteiger partial charge in [-0.1, -0.05) is 13.8 Å². The van der Waals surface area contributed by atoms with Crippen LogP contribution in [0.1, 0.15) is 46.5 Å². The Bertz CT molecular complexity index is 203. The first-order valence-corrected chi connectivity index (χ1v) is 7.68. The highest BCUT2D eigenvalue weighted by Crippen LogP contribution is 2.33. The number of hydrogen-bond acceptors (Lipinski definition) is 3. The molecule has 3 nitrogen and oxygen atoms in total. The van der Waals surface area contributed by atoms with E-state index >= 15 is 0 Å². The molecule has 108 valence electrons. The van der Waals surface area contributed by atoms with Crippen LogP contribution in [0.15, 0.2) is 0 Å². The quantitative estimate of drug-likeness (QED) is 0.615. The summed E-state index contributed by atoms with van der Waals surface area (Å²) in [4.78, 5) is 2.50. The molecule has 2 atom stereocenters. The van der Waals surface area contributed by atoms with Crippen molar-refractivity contribution < 1.29 is 4.74 Å². The van der Waals surface area contributed by atoms with E-state index in [9.17, 15) is 0 Å².